The number of nitro groups is 1. The fourth-order valence-corrected chi connectivity index (χ4v) is 1.27. The molecule has 13 heavy (non-hydrogen) atoms. The molecule has 1 amide bonds. The lowest BCUT2D eigenvalue weighted by molar-refractivity contribution is -0.386. The fraction of sp³-hybridized carbons (Fsp3) is 0. The maximum atomic E-state index is 10.7. The molecule has 1 aromatic heterocycles. The van der Waals surface area contributed by atoms with Crippen molar-refractivity contribution in [3.63, 3.8) is 0 Å². The van der Waals surface area contributed by atoms with Gasteiger partial charge in [-0.3, -0.25) is 19.9 Å². The van der Waals surface area contributed by atoms with E-state index < -0.39 is 10.8 Å². The second-order valence-corrected chi connectivity index (χ2v) is 2.99. The number of aromatic nitrogens is 1. The van der Waals surface area contributed by atoms with Crippen LogP contribution in [0.3, 0.4) is 0 Å². The number of rotatable bonds is 2. The molecule has 1 heterocycles. The highest BCUT2D eigenvalue weighted by molar-refractivity contribution is 9.10. The molecule has 7 heteroatoms. The Labute approximate surface area is 81.0 Å². The van der Waals surface area contributed by atoms with Gasteiger partial charge in [-0.25, -0.2) is 0 Å². The van der Waals surface area contributed by atoms with Gasteiger partial charge in [0.2, 0.25) is 0 Å². The Morgan fingerprint density at radius 2 is 2.23 bits per heavy atom. The second kappa shape index (κ2) is 3.48. The van der Waals surface area contributed by atoms with Gasteiger partial charge >= 0.3 is 0 Å². The topological polar surface area (TPSA) is 99.1 Å². The van der Waals surface area contributed by atoms with Crippen molar-refractivity contribution in [2.45, 2.75) is 0 Å². The molecule has 0 aliphatic carbocycles. The van der Waals surface area contributed by atoms with E-state index >= 15 is 0 Å². The summed E-state index contributed by atoms with van der Waals surface area (Å²) in [6.07, 6.45) is 2.29. The second-order valence-electron chi connectivity index (χ2n) is 2.14. The van der Waals surface area contributed by atoms with Gasteiger partial charge in [-0.1, -0.05) is 0 Å². The van der Waals surface area contributed by atoms with Crippen molar-refractivity contribution in [2.75, 3.05) is 0 Å². The minimum atomic E-state index is -0.875. The molecule has 0 saturated heterocycles. The highest BCUT2D eigenvalue weighted by Crippen LogP contribution is 2.26. The zero-order chi connectivity index (χ0) is 10.0. The van der Waals surface area contributed by atoms with Gasteiger partial charge in [0.1, 0.15) is 10.0 Å². The van der Waals surface area contributed by atoms with Gasteiger partial charge in [0.05, 0.1) is 4.92 Å². The van der Waals surface area contributed by atoms with Gasteiger partial charge in [0, 0.05) is 12.4 Å². The third-order valence-corrected chi connectivity index (χ3v) is 1.90. The van der Waals surface area contributed by atoms with E-state index in [2.05, 4.69) is 20.9 Å². The van der Waals surface area contributed by atoms with Crippen LogP contribution < -0.4 is 5.73 Å². The zero-order valence-corrected chi connectivity index (χ0v) is 7.82. The SMILES string of the molecule is NC(=O)c1cncc(Br)c1[N+](=O)[O-]. The van der Waals surface area contributed by atoms with Crippen molar-refractivity contribution in [1.29, 1.82) is 0 Å². The third kappa shape index (κ3) is 1.81. The molecule has 0 spiro atoms. The number of primary amides is 1. The van der Waals surface area contributed by atoms with Crippen LogP contribution in [0.15, 0.2) is 16.9 Å². The average molecular weight is 246 g/mol. The highest BCUT2D eigenvalue weighted by atomic mass is 79.9. The molecule has 0 aliphatic heterocycles. The van der Waals surface area contributed by atoms with E-state index in [1.807, 2.05) is 0 Å². The van der Waals surface area contributed by atoms with Crippen LogP contribution in [0.4, 0.5) is 5.69 Å². The first kappa shape index (κ1) is 9.59. The lowest BCUT2D eigenvalue weighted by atomic mass is 10.2. The smallest absolute Gasteiger partial charge is 0.299 e. The van der Waals surface area contributed by atoms with Crippen LogP contribution in [0.2, 0.25) is 0 Å². The van der Waals surface area contributed by atoms with Gasteiger partial charge in [-0.15, -0.1) is 0 Å². The van der Waals surface area contributed by atoms with E-state index in [4.69, 9.17) is 5.73 Å². The largest absolute Gasteiger partial charge is 0.365 e. The van der Waals surface area contributed by atoms with Crippen molar-refractivity contribution in [1.82, 2.24) is 4.98 Å². The van der Waals surface area contributed by atoms with Crippen LogP contribution in [-0.4, -0.2) is 15.8 Å². The summed E-state index contributed by atoms with van der Waals surface area (Å²) < 4.78 is 0.133. The molecule has 68 valence electrons. The maximum absolute atomic E-state index is 10.7. The summed E-state index contributed by atoms with van der Waals surface area (Å²) in [6, 6.07) is 0. The number of nitrogens with two attached hydrogens (primary N) is 1. The standard InChI is InChI=1S/C6H4BrN3O3/c7-4-2-9-1-3(6(8)11)5(4)10(12)13/h1-2H,(H2,8,11). The minimum absolute atomic E-state index is 0.133. The van der Waals surface area contributed by atoms with Crippen molar-refractivity contribution in [2.24, 2.45) is 5.73 Å². The highest BCUT2D eigenvalue weighted by Gasteiger charge is 2.21. The Morgan fingerprint density at radius 1 is 1.62 bits per heavy atom. The third-order valence-electron chi connectivity index (χ3n) is 1.32. The van der Waals surface area contributed by atoms with Gasteiger partial charge in [0.15, 0.2) is 0 Å². The zero-order valence-electron chi connectivity index (χ0n) is 6.23. The number of carbonyl (C=O) groups excluding carboxylic acids is 1. The summed E-state index contributed by atoms with van der Waals surface area (Å²) >= 11 is 2.90. The molecule has 0 aliphatic rings. The monoisotopic (exact) mass is 245 g/mol. The minimum Gasteiger partial charge on any atom is -0.365 e. The quantitative estimate of drug-likeness (QED) is 0.617. The summed E-state index contributed by atoms with van der Waals surface area (Å²) in [7, 11) is 0. The molecule has 1 aromatic rings. The number of hydrogen-bond acceptors (Lipinski definition) is 4. The average Bonchev–Trinajstić information content (AvgIpc) is 2.02. The summed E-state index contributed by atoms with van der Waals surface area (Å²) in [5.41, 5.74) is 4.35. The maximum Gasteiger partial charge on any atom is 0.299 e. The molecule has 0 aromatic carbocycles. The van der Waals surface area contributed by atoms with Crippen molar-refractivity contribution >= 4 is 27.5 Å². The van der Waals surface area contributed by atoms with E-state index in [0.29, 0.717) is 0 Å². The van der Waals surface area contributed by atoms with Crippen molar-refractivity contribution < 1.29 is 9.72 Å². The van der Waals surface area contributed by atoms with Gasteiger partial charge in [-0.05, 0) is 15.9 Å². The number of hydrogen-bond donors (Lipinski definition) is 1. The van der Waals surface area contributed by atoms with Crippen LogP contribution in [0.1, 0.15) is 10.4 Å². The van der Waals surface area contributed by atoms with E-state index in [1.165, 1.54) is 6.20 Å². The van der Waals surface area contributed by atoms with Crippen LogP contribution in [0, 0.1) is 10.1 Å². The molecular weight excluding hydrogens is 242 g/mol. The predicted octanol–water partition coefficient (Wildman–Crippen LogP) is 0.851. The number of carbonyl (C=O) groups is 1. The first-order valence-electron chi connectivity index (χ1n) is 3.11. The molecule has 0 radical (unpaired) electrons. The Bertz CT molecular complexity index is 379. The summed E-state index contributed by atoms with van der Waals surface area (Å²) in [4.78, 5) is 24.1. The molecule has 1 rings (SSSR count). The van der Waals surface area contributed by atoms with Crippen LogP contribution in [0.5, 0.6) is 0 Å². The molecule has 0 saturated carbocycles. The molecule has 2 N–H and O–H groups in total. The van der Waals surface area contributed by atoms with Gasteiger partial charge in [-0.2, -0.15) is 0 Å². The Hall–Kier alpha value is -1.50. The van der Waals surface area contributed by atoms with E-state index in [1.54, 1.807) is 0 Å². The fourth-order valence-electron chi connectivity index (χ4n) is 0.794. The molecule has 0 atom stereocenters. The van der Waals surface area contributed by atoms with Crippen molar-refractivity contribution in [3.05, 3.63) is 32.5 Å². The Morgan fingerprint density at radius 3 is 2.62 bits per heavy atom. The summed E-state index contributed by atoms with van der Waals surface area (Å²) in [5.74, 6) is -0.875. The molecule has 0 unspecified atom stereocenters. The molecule has 6 nitrogen and oxygen atoms in total. The van der Waals surface area contributed by atoms with Crippen molar-refractivity contribution in [3.8, 4) is 0 Å². The lowest BCUT2D eigenvalue weighted by Gasteiger charge is -1.98. The van der Waals surface area contributed by atoms with Crippen LogP contribution >= 0.6 is 15.9 Å². The number of halogens is 1. The Kier molecular flexibility index (Phi) is 2.57. The summed E-state index contributed by atoms with van der Waals surface area (Å²) in [6.45, 7) is 0. The Balaban J connectivity index is 3.43. The molecule has 0 fully saturated rings. The summed E-state index contributed by atoms with van der Waals surface area (Å²) in [5, 5.41) is 10.5. The van der Waals surface area contributed by atoms with E-state index in [-0.39, 0.29) is 15.7 Å². The van der Waals surface area contributed by atoms with Gasteiger partial charge < -0.3 is 5.73 Å². The van der Waals surface area contributed by atoms with E-state index in [9.17, 15) is 14.9 Å². The number of amides is 1. The first-order valence-corrected chi connectivity index (χ1v) is 3.91. The molecular formula is C6H4BrN3O3. The number of nitrogens with zero attached hydrogens (tertiary/aromatic N) is 2. The van der Waals surface area contributed by atoms with Crippen LogP contribution in [-0.2, 0) is 0 Å². The first-order chi connectivity index (χ1) is 6.04. The lowest BCUT2D eigenvalue weighted by Crippen LogP contribution is -2.14. The van der Waals surface area contributed by atoms with E-state index in [0.717, 1.165) is 6.20 Å². The number of pyridine rings is 1. The predicted molar refractivity (Wildman–Crippen MR) is 47.1 cm³/mol. The molecule has 0 bridgehead atoms. The normalized spacial score (nSPS) is 9.62. The van der Waals surface area contributed by atoms with Gasteiger partial charge in [0.25, 0.3) is 11.6 Å². The van der Waals surface area contributed by atoms with Crippen LogP contribution in [0.25, 0.3) is 0 Å².